The van der Waals surface area contributed by atoms with Gasteiger partial charge in [0.2, 0.25) is 0 Å². The van der Waals surface area contributed by atoms with Crippen LogP contribution in [0.3, 0.4) is 0 Å². The summed E-state index contributed by atoms with van der Waals surface area (Å²) in [5, 5.41) is 0. The number of nitrogens with zero attached hydrogens (tertiary/aromatic N) is 2. The largest absolute Gasteiger partial charge is 0.494 e. The average molecular weight is 314 g/mol. The fourth-order valence-corrected chi connectivity index (χ4v) is 2.19. The standard InChI is InChI=1S/C16H19BN2O4/c1-15(2)16(3,4)23-17(22-15)12-5-7-13(8-6-12)21-14(20)19-10-9-18-11-19/h5-11H,1-4H3. The zero-order valence-corrected chi connectivity index (χ0v) is 13.6. The van der Waals surface area contributed by atoms with Gasteiger partial charge in [-0.2, -0.15) is 0 Å². The molecule has 1 aliphatic rings. The van der Waals surface area contributed by atoms with Crippen molar-refractivity contribution in [3.8, 4) is 5.75 Å². The highest BCUT2D eigenvalue weighted by Crippen LogP contribution is 2.36. The topological polar surface area (TPSA) is 62.6 Å². The van der Waals surface area contributed by atoms with E-state index in [-0.39, 0.29) is 11.2 Å². The number of hydrogen-bond acceptors (Lipinski definition) is 5. The average Bonchev–Trinajstić information content (AvgIpc) is 3.07. The van der Waals surface area contributed by atoms with Crippen molar-refractivity contribution in [1.82, 2.24) is 9.55 Å². The molecule has 2 heterocycles. The van der Waals surface area contributed by atoms with Crippen molar-refractivity contribution >= 4 is 18.7 Å². The first kappa shape index (κ1) is 15.8. The molecule has 1 aromatic carbocycles. The number of imidazole rings is 1. The van der Waals surface area contributed by atoms with Crippen LogP contribution >= 0.6 is 0 Å². The van der Waals surface area contributed by atoms with Crippen LogP contribution in [0.15, 0.2) is 43.0 Å². The highest BCUT2D eigenvalue weighted by atomic mass is 16.7. The first-order valence-electron chi connectivity index (χ1n) is 7.44. The van der Waals surface area contributed by atoms with E-state index < -0.39 is 13.2 Å². The monoisotopic (exact) mass is 314 g/mol. The van der Waals surface area contributed by atoms with Crippen molar-refractivity contribution in [3.05, 3.63) is 43.0 Å². The van der Waals surface area contributed by atoms with Crippen LogP contribution in [0, 0.1) is 0 Å². The molecule has 2 aromatic rings. The number of benzene rings is 1. The van der Waals surface area contributed by atoms with Crippen molar-refractivity contribution in [3.63, 3.8) is 0 Å². The number of rotatable bonds is 2. The second-order valence-electron chi connectivity index (χ2n) is 6.50. The van der Waals surface area contributed by atoms with Gasteiger partial charge in [0.05, 0.1) is 11.2 Å². The molecule has 6 nitrogen and oxygen atoms in total. The minimum absolute atomic E-state index is 0.385. The summed E-state index contributed by atoms with van der Waals surface area (Å²) in [5.74, 6) is 0.448. The predicted octanol–water partition coefficient (Wildman–Crippen LogP) is 2.23. The Morgan fingerprint density at radius 2 is 1.74 bits per heavy atom. The van der Waals surface area contributed by atoms with Crippen molar-refractivity contribution in [2.24, 2.45) is 0 Å². The van der Waals surface area contributed by atoms with Crippen LogP contribution in [0.25, 0.3) is 0 Å². The van der Waals surface area contributed by atoms with Crippen LogP contribution in [0.5, 0.6) is 5.75 Å². The third-order valence-electron chi connectivity index (χ3n) is 4.33. The maximum Gasteiger partial charge on any atom is 0.494 e. The van der Waals surface area contributed by atoms with Crippen LogP contribution < -0.4 is 10.2 Å². The molecule has 0 atom stereocenters. The lowest BCUT2D eigenvalue weighted by atomic mass is 9.79. The van der Waals surface area contributed by atoms with E-state index in [9.17, 15) is 4.79 Å². The van der Waals surface area contributed by atoms with Crippen molar-refractivity contribution in [2.75, 3.05) is 0 Å². The summed E-state index contributed by atoms with van der Waals surface area (Å²) in [7, 11) is -0.432. The molecule has 0 saturated carbocycles. The lowest BCUT2D eigenvalue weighted by Crippen LogP contribution is -2.41. The van der Waals surface area contributed by atoms with E-state index in [1.165, 1.54) is 23.3 Å². The lowest BCUT2D eigenvalue weighted by Gasteiger charge is -2.32. The van der Waals surface area contributed by atoms with E-state index in [2.05, 4.69) is 4.98 Å². The summed E-state index contributed by atoms with van der Waals surface area (Å²) in [6.07, 6.45) is 3.93. The quantitative estimate of drug-likeness (QED) is 0.796. The Kier molecular flexibility index (Phi) is 3.78. The molecule has 0 N–H and O–H groups in total. The molecule has 0 amide bonds. The summed E-state index contributed by atoms with van der Waals surface area (Å²) < 4.78 is 18.5. The first-order valence-corrected chi connectivity index (χ1v) is 7.44. The summed E-state index contributed by atoms with van der Waals surface area (Å²) in [4.78, 5) is 15.6. The summed E-state index contributed by atoms with van der Waals surface area (Å²) in [6, 6.07) is 7.10. The van der Waals surface area contributed by atoms with Crippen molar-refractivity contribution < 1.29 is 18.8 Å². The highest BCUT2D eigenvalue weighted by Gasteiger charge is 2.51. The van der Waals surface area contributed by atoms with E-state index in [1.54, 1.807) is 12.1 Å². The van der Waals surface area contributed by atoms with Gasteiger partial charge in [-0.25, -0.2) is 14.3 Å². The number of carbonyl (C=O) groups excluding carboxylic acids is 1. The van der Waals surface area contributed by atoms with Crippen LogP contribution in [0.2, 0.25) is 0 Å². The van der Waals surface area contributed by atoms with Gasteiger partial charge >= 0.3 is 13.2 Å². The van der Waals surface area contributed by atoms with E-state index >= 15 is 0 Å². The van der Waals surface area contributed by atoms with Gasteiger partial charge < -0.3 is 14.0 Å². The molecule has 7 heteroatoms. The number of hydrogen-bond donors (Lipinski definition) is 0. The maximum atomic E-state index is 11.8. The third kappa shape index (κ3) is 3.02. The third-order valence-corrected chi connectivity index (χ3v) is 4.33. The van der Waals surface area contributed by atoms with E-state index in [0.717, 1.165) is 5.46 Å². The second-order valence-corrected chi connectivity index (χ2v) is 6.50. The fourth-order valence-electron chi connectivity index (χ4n) is 2.19. The van der Waals surface area contributed by atoms with Crippen LogP contribution in [-0.2, 0) is 9.31 Å². The number of ether oxygens (including phenoxy) is 1. The molecule has 1 aromatic heterocycles. The van der Waals surface area contributed by atoms with Gasteiger partial charge in [0.25, 0.3) is 0 Å². The number of aromatic nitrogens is 2. The van der Waals surface area contributed by atoms with Crippen LogP contribution in [0.1, 0.15) is 27.7 Å². The van der Waals surface area contributed by atoms with Gasteiger partial charge in [-0.1, -0.05) is 12.1 Å². The second kappa shape index (κ2) is 5.51. The highest BCUT2D eigenvalue weighted by molar-refractivity contribution is 6.62. The minimum atomic E-state index is -0.508. The smallest absolute Gasteiger partial charge is 0.410 e. The first-order chi connectivity index (χ1) is 10.8. The van der Waals surface area contributed by atoms with Gasteiger partial charge in [-0.3, -0.25) is 0 Å². The van der Waals surface area contributed by atoms with Crippen molar-refractivity contribution in [1.29, 1.82) is 0 Å². The zero-order valence-electron chi connectivity index (χ0n) is 13.6. The van der Waals surface area contributed by atoms with Gasteiger partial charge in [0.15, 0.2) is 0 Å². The zero-order chi connectivity index (χ0) is 16.7. The van der Waals surface area contributed by atoms with Gasteiger partial charge in [0.1, 0.15) is 12.1 Å². The molecule has 1 fully saturated rings. The van der Waals surface area contributed by atoms with Gasteiger partial charge in [-0.05, 0) is 45.3 Å². The van der Waals surface area contributed by atoms with Gasteiger partial charge in [-0.15, -0.1) is 0 Å². The molecule has 0 unspecified atom stereocenters. The molecule has 0 bridgehead atoms. The molecule has 0 aliphatic carbocycles. The minimum Gasteiger partial charge on any atom is -0.410 e. The molecule has 0 radical (unpaired) electrons. The Labute approximate surface area is 135 Å². The van der Waals surface area contributed by atoms with E-state index in [4.69, 9.17) is 14.0 Å². The Hall–Kier alpha value is -2.12. The van der Waals surface area contributed by atoms with Crippen molar-refractivity contribution in [2.45, 2.75) is 38.9 Å². The molecular formula is C16H19BN2O4. The Balaban J connectivity index is 1.70. The summed E-state index contributed by atoms with van der Waals surface area (Å²) in [5.41, 5.74) is 0.111. The molecule has 3 rings (SSSR count). The Morgan fingerprint density at radius 1 is 1.13 bits per heavy atom. The number of carbonyl (C=O) groups is 1. The molecule has 120 valence electrons. The SMILES string of the molecule is CC1(C)OB(c2ccc(OC(=O)n3ccnc3)cc2)OC1(C)C. The maximum absolute atomic E-state index is 11.8. The normalized spacial score (nSPS) is 18.9. The predicted molar refractivity (Wildman–Crippen MR) is 85.8 cm³/mol. The Bertz CT molecular complexity index is 679. The van der Waals surface area contributed by atoms with E-state index in [1.807, 2.05) is 39.8 Å². The summed E-state index contributed by atoms with van der Waals surface area (Å²) in [6.45, 7) is 8.03. The van der Waals surface area contributed by atoms with E-state index in [0.29, 0.717) is 5.75 Å². The van der Waals surface area contributed by atoms with Crippen LogP contribution in [-0.4, -0.2) is 34.0 Å². The van der Waals surface area contributed by atoms with Crippen LogP contribution in [0.4, 0.5) is 4.79 Å². The summed E-state index contributed by atoms with van der Waals surface area (Å²) >= 11 is 0. The Morgan fingerprint density at radius 3 is 2.26 bits per heavy atom. The molecule has 23 heavy (non-hydrogen) atoms. The van der Waals surface area contributed by atoms with Gasteiger partial charge in [0, 0.05) is 12.4 Å². The molecule has 1 saturated heterocycles. The fraction of sp³-hybridized carbons (Fsp3) is 0.375. The molecule has 1 aliphatic heterocycles. The molecular weight excluding hydrogens is 295 g/mol. The molecule has 0 spiro atoms. The lowest BCUT2D eigenvalue weighted by molar-refractivity contribution is 0.00578.